The highest BCUT2D eigenvalue weighted by Gasteiger charge is 2.04. The van der Waals surface area contributed by atoms with Crippen molar-refractivity contribution in [1.29, 1.82) is 0 Å². The molecular weight excluding hydrogens is 296 g/mol. The molecule has 0 radical (unpaired) electrons. The summed E-state index contributed by atoms with van der Waals surface area (Å²) in [5.74, 6) is 0.202. The number of amides is 2. The van der Waals surface area contributed by atoms with E-state index in [9.17, 15) is 9.59 Å². The maximum Gasteiger partial charge on any atom is 0.251 e. The predicted molar refractivity (Wildman–Crippen MR) is 89.0 cm³/mol. The van der Waals surface area contributed by atoms with Gasteiger partial charge in [0.05, 0.1) is 5.75 Å². The summed E-state index contributed by atoms with van der Waals surface area (Å²) in [6.07, 6.45) is 0. The van der Waals surface area contributed by atoms with Crippen LogP contribution in [0.3, 0.4) is 0 Å². The van der Waals surface area contributed by atoms with Crippen LogP contribution in [-0.2, 0) is 4.79 Å². The maximum absolute atomic E-state index is 11.8. The highest BCUT2D eigenvalue weighted by molar-refractivity contribution is 8.00. The van der Waals surface area contributed by atoms with E-state index >= 15 is 0 Å². The number of carbonyl (C=O) groups is 2. The van der Waals surface area contributed by atoms with Crippen LogP contribution in [0.1, 0.15) is 10.4 Å². The summed E-state index contributed by atoms with van der Waals surface area (Å²) < 4.78 is 0. The average Bonchev–Trinajstić information content (AvgIpc) is 2.58. The minimum Gasteiger partial charge on any atom is -0.354 e. The van der Waals surface area contributed by atoms with Crippen LogP contribution in [0.25, 0.3) is 0 Å². The third-order valence-electron chi connectivity index (χ3n) is 2.88. The van der Waals surface area contributed by atoms with E-state index in [0.29, 0.717) is 24.4 Å². The molecule has 22 heavy (non-hydrogen) atoms. The molecule has 2 rings (SSSR count). The molecule has 114 valence electrons. The van der Waals surface area contributed by atoms with E-state index in [2.05, 4.69) is 10.6 Å². The van der Waals surface area contributed by atoms with Gasteiger partial charge in [-0.2, -0.15) is 0 Å². The van der Waals surface area contributed by atoms with Crippen LogP contribution in [0.5, 0.6) is 0 Å². The summed E-state index contributed by atoms with van der Waals surface area (Å²) in [4.78, 5) is 24.5. The van der Waals surface area contributed by atoms with Crippen LogP contribution in [0.4, 0.5) is 0 Å². The van der Waals surface area contributed by atoms with Gasteiger partial charge in [-0.25, -0.2) is 0 Å². The van der Waals surface area contributed by atoms with Crippen LogP contribution < -0.4 is 10.6 Å². The maximum atomic E-state index is 11.8. The van der Waals surface area contributed by atoms with Gasteiger partial charge in [0.25, 0.3) is 5.91 Å². The Morgan fingerprint density at radius 3 is 2.09 bits per heavy atom. The smallest absolute Gasteiger partial charge is 0.251 e. The van der Waals surface area contributed by atoms with Crippen molar-refractivity contribution in [1.82, 2.24) is 10.6 Å². The minimum absolute atomic E-state index is 0.0391. The third kappa shape index (κ3) is 5.61. The molecule has 0 unspecified atom stereocenters. The number of thioether (sulfide) groups is 1. The SMILES string of the molecule is O=C(CSc1ccccc1)NCCNC(=O)c1ccccc1. The lowest BCUT2D eigenvalue weighted by molar-refractivity contribution is -0.118. The molecule has 0 saturated carbocycles. The molecule has 0 aliphatic heterocycles. The van der Waals surface area contributed by atoms with Crippen LogP contribution in [0.2, 0.25) is 0 Å². The Balaban J connectivity index is 1.60. The van der Waals surface area contributed by atoms with Gasteiger partial charge in [0.1, 0.15) is 0 Å². The van der Waals surface area contributed by atoms with Crippen molar-refractivity contribution in [2.24, 2.45) is 0 Å². The molecular formula is C17H18N2O2S. The van der Waals surface area contributed by atoms with Crippen molar-refractivity contribution in [3.05, 3.63) is 66.2 Å². The van der Waals surface area contributed by atoms with Gasteiger partial charge in [0, 0.05) is 23.5 Å². The molecule has 0 atom stereocenters. The van der Waals surface area contributed by atoms with Gasteiger partial charge in [-0.1, -0.05) is 36.4 Å². The van der Waals surface area contributed by atoms with E-state index < -0.39 is 0 Å². The van der Waals surface area contributed by atoms with E-state index in [1.165, 1.54) is 11.8 Å². The van der Waals surface area contributed by atoms with E-state index in [4.69, 9.17) is 0 Å². The van der Waals surface area contributed by atoms with Crippen molar-refractivity contribution in [2.75, 3.05) is 18.8 Å². The highest BCUT2D eigenvalue weighted by atomic mass is 32.2. The van der Waals surface area contributed by atoms with Crippen molar-refractivity contribution in [3.63, 3.8) is 0 Å². The van der Waals surface area contributed by atoms with Crippen molar-refractivity contribution in [3.8, 4) is 0 Å². The first-order valence-electron chi connectivity index (χ1n) is 7.03. The molecule has 0 aliphatic rings. The summed E-state index contributed by atoms with van der Waals surface area (Å²) in [6, 6.07) is 18.8. The van der Waals surface area contributed by atoms with E-state index in [0.717, 1.165) is 4.90 Å². The van der Waals surface area contributed by atoms with Gasteiger partial charge in [-0.05, 0) is 24.3 Å². The second-order valence-electron chi connectivity index (χ2n) is 4.57. The van der Waals surface area contributed by atoms with Gasteiger partial charge in [0.15, 0.2) is 0 Å². The number of hydrogen-bond acceptors (Lipinski definition) is 3. The first kappa shape index (κ1) is 16.1. The number of carbonyl (C=O) groups excluding carboxylic acids is 2. The number of rotatable bonds is 7. The third-order valence-corrected chi connectivity index (χ3v) is 3.89. The first-order valence-corrected chi connectivity index (χ1v) is 8.02. The van der Waals surface area contributed by atoms with Gasteiger partial charge in [-0.15, -0.1) is 11.8 Å². The molecule has 0 bridgehead atoms. The molecule has 0 aliphatic carbocycles. The predicted octanol–water partition coefficient (Wildman–Crippen LogP) is 2.32. The van der Waals surface area contributed by atoms with E-state index in [1.807, 2.05) is 48.5 Å². The van der Waals surface area contributed by atoms with Crippen molar-refractivity contribution < 1.29 is 9.59 Å². The molecule has 0 fully saturated rings. The Bertz CT molecular complexity index is 603. The van der Waals surface area contributed by atoms with Gasteiger partial charge >= 0.3 is 0 Å². The molecule has 0 saturated heterocycles. The number of hydrogen-bond donors (Lipinski definition) is 2. The zero-order valence-corrected chi connectivity index (χ0v) is 12.9. The van der Waals surface area contributed by atoms with E-state index in [-0.39, 0.29) is 11.8 Å². The zero-order chi connectivity index (χ0) is 15.6. The second kappa shape index (κ2) is 8.89. The zero-order valence-electron chi connectivity index (χ0n) is 12.1. The summed E-state index contributed by atoms with van der Waals surface area (Å²) in [5, 5.41) is 5.55. The summed E-state index contributed by atoms with van der Waals surface area (Å²) in [6.45, 7) is 0.836. The second-order valence-corrected chi connectivity index (χ2v) is 5.62. The molecule has 2 aromatic carbocycles. The lowest BCUT2D eigenvalue weighted by Gasteiger charge is -2.07. The fraction of sp³-hybridized carbons (Fsp3) is 0.176. The molecule has 0 aromatic heterocycles. The van der Waals surface area contributed by atoms with Crippen LogP contribution >= 0.6 is 11.8 Å². The first-order chi connectivity index (χ1) is 10.8. The van der Waals surface area contributed by atoms with Gasteiger partial charge < -0.3 is 10.6 Å². The number of benzene rings is 2. The Morgan fingerprint density at radius 1 is 0.818 bits per heavy atom. The Morgan fingerprint density at radius 2 is 1.41 bits per heavy atom. The van der Waals surface area contributed by atoms with E-state index in [1.54, 1.807) is 12.1 Å². The van der Waals surface area contributed by atoms with Crippen LogP contribution in [-0.4, -0.2) is 30.7 Å². The topological polar surface area (TPSA) is 58.2 Å². The summed E-state index contributed by atoms with van der Waals surface area (Å²) in [5.41, 5.74) is 0.619. The lowest BCUT2D eigenvalue weighted by atomic mass is 10.2. The largest absolute Gasteiger partial charge is 0.354 e. The Labute approximate surface area is 134 Å². The van der Waals surface area contributed by atoms with Gasteiger partial charge in [-0.3, -0.25) is 9.59 Å². The Kier molecular flexibility index (Phi) is 6.51. The molecule has 2 aromatic rings. The lowest BCUT2D eigenvalue weighted by Crippen LogP contribution is -2.35. The number of nitrogens with one attached hydrogen (secondary N) is 2. The fourth-order valence-electron chi connectivity index (χ4n) is 1.79. The molecule has 0 heterocycles. The van der Waals surface area contributed by atoms with Crippen molar-refractivity contribution >= 4 is 23.6 Å². The normalized spacial score (nSPS) is 10.0. The molecule has 0 spiro atoms. The average molecular weight is 314 g/mol. The monoisotopic (exact) mass is 314 g/mol. The van der Waals surface area contributed by atoms with Crippen molar-refractivity contribution in [2.45, 2.75) is 4.90 Å². The molecule has 5 heteroatoms. The summed E-state index contributed by atoms with van der Waals surface area (Å²) in [7, 11) is 0. The summed E-state index contributed by atoms with van der Waals surface area (Å²) >= 11 is 1.49. The molecule has 4 nitrogen and oxygen atoms in total. The Hall–Kier alpha value is -2.27. The molecule has 2 amide bonds. The fourth-order valence-corrected chi connectivity index (χ4v) is 2.54. The minimum atomic E-state index is -0.131. The quantitative estimate of drug-likeness (QED) is 0.609. The molecule has 2 N–H and O–H groups in total. The van der Waals surface area contributed by atoms with Crippen LogP contribution in [0.15, 0.2) is 65.6 Å². The van der Waals surface area contributed by atoms with Gasteiger partial charge in [0.2, 0.25) is 5.91 Å². The standard InChI is InChI=1S/C17H18N2O2S/c20-16(13-22-15-9-5-2-6-10-15)18-11-12-19-17(21)14-7-3-1-4-8-14/h1-10H,11-13H2,(H,18,20)(H,19,21). The van der Waals surface area contributed by atoms with Crippen LogP contribution in [0, 0.1) is 0 Å². The highest BCUT2D eigenvalue weighted by Crippen LogP contribution is 2.15.